The number of nitrogens with one attached hydrogen (secondary N) is 2. The van der Waals surface area contributed by atoms with E-state index in [0.29, 0.717) is 24.0 Å². The van der Waals surface area contributed by atoms with Gasteiger partial charge in [0.15, 0.2) is 6.10 Å². The van der Waals surface area contributed by atoms with Gasteiger partial charge in [0.1, 0.15) is 5.75 Å². The van der Waals surface area contributed by atoms with Crippen LogP contribution in [0.3, 0.4) is 0 Å². The Labute approximate surface area is 159 Å². The summed E-state index contributed by atoms with van der Waals surface area (Å²) in [6.07, 6.45) is 4.82. The Hall–Kier alpha value is -2.56. The van der Waals surface area contributed by atoms with Gasteiger partial charge in [-0.3, -0.25) is 20.4 Å². The van der Waals surface area contributed by atoms with Gasteiger partial charge >= 0.3 is 0 Å². The van der Waals surface area contributed by atoms with Crippen LogP contribution in [0.25, 0.3) is 10.8 Å². The average molecular weight is 366 g/mol. The van der Waals surface area contributed by atoms with Crippen molar-refractivity contribution in [3.63, 3.8) is 0 Å². The van der Waals surface area contributed by atoms with Gasteiger partial charge in [0.25, 0.3) is 5.91 Å². The number of ether oxygens (including phenoxy) is 1. The highest BCUT2D eigenvalue weighted by atomic mass is 16.5. The van der Waals surface area contributed by atoms with Crippen molar-refractivity contribution < 1.29 is 14.3 Å². The second kappa shape index (κ2) is 7.59. The van der Waals surface area contributed by atoms with Crippen LogP contribution in [0.4, 0.5) is 0 Å². The van der Waals surface area contributed by atoms with Crippen LogP contribution in [0.1, 0.15) is 39.0 Å². The number of hydrazine groups is 1. The van der Waals surface area contributed by atoms with Crippen LogP contribution in [0, 0.1) is 17.8 Å². The average Bonchev–Trinajstić information content (AvgIpc) is 3.29. The second-order valence-electron chi connectivity index (χ2n) is 7.95. The Morgan fingerprint density at radius 1 is 1.07 bits per heavy atom. The minimum Gasteiger partial charge on any atom is -0.481 e. The Kier molecular flexibility index (Phi) is 5.01. The summed E-state index contributed by atoms with van der Waals surface area (Å²) in [5.41, 5.74) is 5.04. The molecule has 5 heteroatoms. The van der Waals surface area contributed by atoms with E-state index in [9.17, 15) is 9.59 Å². The molecule has 4 rings (SSSR count). The van der Waals surface area contributed by atoms with E-state index in [4.69, 9.17) is 4.74 Å². The van der Waals surface area contributed by atoms with Crippen LogP contribution in [0.15, 0.2) is 42.5 Å². The molecule has 4 atom stereocenters. The third kappa shape index (κ3) is 4.07. The summed E-state index contributed by atoms with van der Waals surface area (Å²) >= 11 is 0. The molecule has 2 fully saturated rings. The molecule has 2 N–H and O–H groups in total. The molecule has 27 heavy (non-hydrogen) atoms. The fourth-order valence-electron chi connectivity index (χ4n) is 4.65. The number of benzene rings is 2. The molecule has 0 radical (unpaired) electrons. The van der Waals surface area contributed by atoms with Crippen LogP contribution >= 0.6 is 0 Å². The van der Waals surface area contributed by atoms with Crippen LogP contribution in [-0.2, 0) is 9.59 Å². The lowest BCUT2D eigenvalue weighted by Crippen LogP contribution is -2.47. The van der Waals surface area contributed by atoms with E-state index in [-0.39, 0.29) is 11.8 Å². The van der Waals surface area contributed by atoms with Crippen LogP contribution in [0.2, 0.25) is 0 Å². The largest absolute Gasteiger partial charge is 0.481 e. The molecule has 2 bridgehead atoms. The van der Waals surface area contributed by atoms with Gasteiger partial charge in [-0.1, -0.05) is 36.8 Å². The zero-order chi connectivity index (χ0) is 18.8. The van der Waals surface area contributed by atoms with Gasteiger partial charge in [-0.25, -0.2) is 0 Å². The van der Waals surface area contributed by atoms with Crippen LogP contribution in [-0.4, -0.2) is 17.9 Å². The molecule has 0 heterocycles. The normalized spacial score (nSPS) is 24.6. The summed E-state index contributed by atoms with van der Waals surface area (Å²) in [4.78, 5) is 24.4. The van der Waals surface area contributed by atoms with Crippen molar-refractivity contribution in [2.45, 2.75) is 45.1 Å². The molecule has 0 spiro atoms. The Bertz CT molecular complexity index is 850. The maximum atomic E-state index is 12.2. The molecule has 2 saturated carbocycles. The summed E-state index contributed by atoms with van der Waals surface area (Å²) < 4.78 is 5.73. The fraction of sp³-hybridized carbons (Fsp3) is 0.455. The number of hydrogen-bond donors (Lipinski definition) is 2. The molecular weight excluding hydrogens is 340 g/mol. The zero-order valence-electron chi connectivity index (χ0n) is 15.6. The number of carbonyl (C=O) groups excluding carboxylic acids is 2. The van der Waals surface area contributed by atoms with Crippen molar-refractivity contribution in [3.8, 4) is 5.75 Å². The summed E-state index contributed by atoms with van der Waals surface area (Å²) in [6, 6.07) is 13.7. The van der Waals surface area contributed by atoms with Gasteiger partial charge in [0.2, 0.25) is 5.91 Å². The molecule has 0 aromatic heterocycles. The van der Waals surface area contributed by atoms with E-state index in [1.807, 2.05) is 42.5 Å². The summed E-state index contributed by atoms with van der Waals surface area (Å²) in [6.45, 7) is 1.67. The molecule has 142 valence electrons. The molecule has 2 aromatic rings. The highest BCUT2D eigenvalue weighted by Crippen LogP contribution is 2.49. The van der Waals surface area contributed by atoms with E-state index in [2.05, 4.69) is 10.9 Å². The van der Waals surface area contributed by atoms with Gasteiger partial charge in [0, 0.05) is 6.42 Å². The fourth-order valence-corrected chi connectivity index (χ4v) is 4.65. The Morgan fingerprint density at radius 3 is 2.63 bits per heavy atom. The van der Waals surface area contributed by atoms with Gasteiger partial charge < -0.3 is 4.74 Å². The summed E-state index contributed by atoms with van der Waals surface area (Å²) in [5.74, 6) is 2.16. The van der Waals surface area contributed by atoms with Crippen molar-refractivity contribution in [2.75, 3.05) is 0 Å². The predicted molar refractivity (Wildman–Crippen MR) is 104 cm³/mol. The van der Waals surface area contributed by atoms with Gasteiger partial charge in [-0.2, -0.15) is 0 Å². The minimum atomic E-state index is -0.700. The number of amides is 2. The predicted octanol–water partition coefficient (Wildman–Crippen LogP) is 3.58. The van der Waals surface area contributed by atoms with Gasteiger partial charge in [-0.05, 0) is 66.8 Å². The summed E-state index contributed by atoms with van der Waals surface area (Å²) in [5, 5.41) is 2.18. The molecule has 0 saturated heterocycles. The monoisotopic (exact) mass is 366 g/mol. The molecule has 2 aromatic carbocycles. The smallest absolute Gasteiger partial charge is 0.279 e. The topological polar surface area (TPSA) is 67.4 Å². The first kappa shape index (κ1) is 17.8. The Morgan fingerprint density at radius 2 is 1.89 bits per heavy atom. The van der Waals surface area contributed by atoms with Gasteiger partial charge in [-0.15, -0.1) is 0 Å². The standard InChI is InChI=1S/C22H26N2O3/c1-14(27-20-9-8-16-4-2-3-5-17(16)12-20)22(26)24-23-21(25)13-19-11-15-6-7-18(19)10-15/h2-5,8-9,12,14-15,18-19H,6-7,10-11,13H2,1H3,(H,23,25)(H,24,26). The quantitative estimate of drug-likeness (QED) is 0.795. The van der Waals surface area contributed by atoms with E-state index >= 15 is 0 Å². The first-order valence-corrected chi connectivity index (χ1v) is 9.82. The minimum absolute atomic E-state index is 0.112. The SMILES string of the molecule is CC(Oc1ccc2ccccc2c1)C(=O)NNC(=O)CC1CC2CCC1C2. The lowest BCUT2D eigenvalue weighted by molar-refractivity contribution is -0.133. The molecule has 0 aliphatic heterocycles. The van der Waals surface area contributed by atoms with Crippen LogP contribution in [0.5, 0.6) is 5.75 Å². The lowest BCUT2D eigenvalue weighted by Gasteiger charge is -2.21. The van der Waals surface area contributed by atoms with E-state index in [1.165, 1.54) is 19.3 Å². The molecule has 2 amide bonds. The van der Waals surface area contributed by atoms with Crippen LogP contribution < -0.4 is 15.6 Å². The highest BCUT2D eigenvalue weighted by Gasteiger charge is 2.40. The summed E-state index contributed by atoms with van der Waals surface area (Å²) in [7, 11) is 0. The van der Waals surface area contributed by atoms with Crippen molar-refractivity contribution in [2.24, 2.45) is 17.8 Å². The van der Waals surface area contributed by atoms with E-state index in [1.54, 1.807) is 6.92 Å². The number of carbonyl (C=O) groups is 2. The van der Waals surface area contributed by atoms with Crippen molar-refractivity contribution in [3.05, 3.63) is 42.5 Å². The van der Waals surface area contributed by atoms with Crippen molar-refractivity contribution in [1.29, 1.82) is 0 Å². The molecule has 4 unspecified atom stereocenters. The third-order valence-electron chi connectivity index (χ3n) is 6.06. The van der Waals surface area contributed by atoms with Gasteiger partial charge in [0.05, 0.1) is 0 Å². The zero-order valence-corrected chi connectivity index (χ0v) is 15.6. The lowest BCUT2D eigenvalue weighted by atomic mass is 9.86. The maximum Gasteiger partial charge on any atom is 0.279 e. The van der Waals surface area contributed by atoms with Crippen molar-refractivity contribution in [1.82, 2.24) is 10.9 Å². The second-order valence-corrected chi connectivity index (χ2v) is 7.95. The van der Waals surface area contributed by atoms with Crippen molar-refractivity contribution >= 4 is 22.6 Å². The first-order chi connectivity index (χ1) is 13.1. The Balaban J connectivity index is 1.25. The van der Waals surface area contributed by atoms with E-state index in [0.717, 1.165) is 23.1 Å². The molecule has 5 nitrogen and oxygen atoms in total. The highest BCUT2D eigenvalue weighted by molar-refractivity contribution is 5.86. The molecule has 2 aliphatic carbocycles. The molecule has 2 aliphatic rings. The third-order valence-corrected chi connectivity index (χ3v) is 6.06. The van der Waals surface area contributed by atoms with E-state index < -0.39 is 6.10 Å². The number of fused-ring (bicyclic) bond motifs is 3. The molecular formula is C22H26N2O3. The number of hydrogen-bond acceptors (Lipinski definition) is 3. The maximum absolute atomic E-state index is 12.2. The number of rotatable bonds is 5. The first-order valence-electron chi connectivity index (χ1n) is 9.82.